The van der Waals surface area contributed by atoms with Gasteiger partial charge in [0.1, 0.15) is 0 Å². The van der Waals surface area contributed by atoms with Gasteiger partial charge in [-0.3, -0.25) is 4.79 Å². The van der Waals surface area contributed by atoms with Crippen LogP contribution in [-0.4, -0.2) is 30.4 Å². The second-order valence-corrected chi connectivity index (χ2v) is 8.62. The van der Waals surface area contributed by atoms with Gasteiger partial charge in [-0.25, -0.2) is 0 Å². The van der Waals surface area contributed by atoms with Crippen molar-refractivity contribution in [1.82, 2.24) is 4.98 Å². The van der Waals surface area contributed by atoms with Gasteiger partial charge in [-0.2, -0.15) is 0 Å². The fourth-order valence-electron chi connectivity index (χ4n) is 3.53. The van der Waals surface area contributed by atoms with Gasteiger partial charge in [0.15, 0.2) is 0 Å². The fraction of sp³-hybridized carbons (Fsp3) is 0.464. The van der Waals surface area contributed by atoms with Crippen molar-refractivity contribution in [2.24, 2.45) is 5.92 Å². The number of allylic oxidation sites excluding steroid dienone is 8. The Kier molecular flexibility index (Phi) is 11.7. The minimum atomic E-state index is -0.503. The van der Waals surface area contributed by atoms with Crippen LogP contribution in [0.15, 0.2) is 63.5 Å². The van der Waals surface area contributed by atoms with Crippen LogP contribution in [0.2, 0.25) is 0 Å². The van der Waals surface area contributed by atoms with Crippen molar-refractivity contribution in [2.75, 3.05) is 14.2 Å². The topological polar surface area (TPSA) is 71.6 Å². The zero-order valence-electron chi connectivity index (χ0n) is 21.7. The first-order valence-electron chi connectivity index (χ1n) is 11.4. The van der Waals surface area contributed by atoms with E-state index in [9.17, 15) is 9.90 Å². The quantitative estimate of drug-likeness (QED) is 0.317. The monoisotopic (exact) mass is 455 g/mol. The van der Waals surface area contributed by atoms with Gasteiger partial charge >= 0.3 is 0 Å². The first-order valence-corrected chi connectivity index (χ1v) is 11.4. The van der Waals surface area contributed by atoms with E-state index in [4.69, 9.17) is 9.47 Å². The fourth-order valence-corrected chi connectivity index (χ4v) is 3.53. The zero-order chi connectivity index (χ0) is 25.1. The van der Waals surface area contributed by atoms with E-state index in [2.05, 4.69) is 36.2 Å². The molecule has 0 radical (unpaired) electrons. The molecule has 0 aromatic carbocycles. The molecule has 1 rings (SSSR count). The van der Waals surface area contributed by atoms with Crippen LogP contribution in [0.4, 0.5) is 0 Å². The highest BCUT2D eigenvalue weighted by Gasteiger charge is 2.15. The number of rotatable bonds is 11. The molecule has 0 aliphatic carbocycles. The molecule has 0 saturated heterocycles. The summed E-state index contributed by atoms with van der Waals surface area (Å²) in [5, 5.41) is 10.6. The molecule has 0 aliphatic heterocycles. The van der Waals surface area contributed by atoms with Gasteiger partial charge in [-0.05, 0) is 53.5 Å². The molecule has 0 amide bonds. The Bertz CT molecular complexity index is 1010. The summed E-state index contributed by atoms with van der Waals surface area (Å²) in [4.78, 5) is 15.6. The SMILES string of the molecule is C/C=C(C)\C=C(/C)[C@H](O)[C@H](C)/C=C(C)/C=C/C/C(C)=C/Cc1[nH]c(OC)c(OC)c(=O)c1C. The summed E-state index contributed by atoms with van der Waals surface area (Å²) in [6.45, 7) is 13.9. The number of ether oxygens (including phenoxy) is 2. The molecule has 0 unspecified atom stereocenters. The summed E-state index contributed by atoms with van der Waals surface area (Å²) in [5.41, 5.74) is 5.72. The molecule has 0 bridgehead atoms. The minimum Gasteiger partial charge on any atom is -0.488 e. The van der Waals surface area contributed by atoms with Gasteiger partial charge in [0.05, 0.1) is 20.3 Å². The number of aromatic amines is 1. The predicted molar refractivity (Wildman–Crippen MR) is 138 cm³/mol. The van der Waals surface area contributed by atoms with Crippen LogP contribution in [0.5, 0.6) is 11.6 Å². The molecule has 2 N–H and O–H groups in total. The third-order valence-electron chi connectivity index (χ3n) is 5.75. The van der Waals surface area contributed by atoms with Gasteiger partial charge < -0.3 is 19.6 Å². The molecule has 182 valence electrons. The third-order valence-corrected chi connectivity index (χ3v) is 5.75. The van der Waals surface area contributed by atoms with E-state index in [1.54, 1.807) is 6.92 Å². The second kappa shape index (κ2) is 13.7. The van der Waals surface area contributed by atoms with Crippen molar-refractivity contribution in [1.29, 1.82) is 0 Å². The Balaban J connectivity index is 2.81. The van der Waals surface area contributed by atoms with E-state index in [1.807, 2.05) is 46.8 Å². The number of aliphatic hydroxyl groups excluding tert-OH is 1. The van der Waals surface area contributed by atoms with E-state index in [0.29, 0.717) is 17.9 Å². The van der Waals surface area contributed by atoms with Crippen LogP contribution >= 0.6 is 0 Å². The summed E-state index contributed by atoms with van der Waals surface area (Å²) in [6.07, 6.45) is 13.4. The Morgan fingerprint density at radius 1 is 1.12 bits per heavy atom. The van der Waals surface area contributed by atoms with Crippen LogP contribution in [0.3, 0.4) is 0 Å². The van der Waals surface area contributed by atoms with Gasteiger partial charge in [-0.1, -0.05) is 60.1 Å². The van der Waals surface area contributed by atoms with E-state index in [-0.39, 0.29) is 17.1 Å². The normalized spacial score (nSPS) is 15.7. The van der Waals surface area contributed by atoms with Crippen LogP contribution in [0.1, 0.15) is 59.2 Å². The largest absolute Gasteiger partial charge is 0.488 e. The molecule has 0 saturated carbocycles. The summed E-state index contributed by atoms with van der Waals surface area (Å²) in [5.74, 6) is 0.570. The van der Waals surface area contributed by atoms with E-state index < -0.39 is 6.10 Å². The molecule has 1 aromatic rings. The van der Waals surface area contributed by atoms with Crippen LogP contribution in [-0.2, 0) is 6.42 Å². The van der Waals surface area contributed by atoms with Gasteiger partial charge in [0.25, 0.3) is 0 Å². The first-order chi connectivity index (χ1) is 15.5. The number of aliphatic hydroxyl groups is 1. The molecule has 2 atom stereocenters. The number of H-pyrrole nitrogens is 1. The van der Waals surface area contributed by atoms with Crippen molar-refractivity contribution < 1.29 is 14.6 Å². The molecule has 33 heavy (non-hydrogen) atoms. The van der Waals surface area contributed by atoms with Gasteiger partial charge in [-0.15, -0.1) is 0 Å². The van der Waals surface area contributed by atoms with Crippen molar-refractivity contribution in [3.05, 3.63) is 80.2 Å². The number of hydrogen-bond acceptors (Lipinski definition) is 4. The first kappa shape index (κ1) is 28.2. The zero-order valence-corrected chi connectivity index (χ0v) is 21.7. The summed E-state index contributed by atoms with van der Waals surface area (Å²) >= 11 is 0. The van der Waals surface area contributed by atoms with Crippen molar-refractivity contribution in [3.8, 4) is 11.6 Å². The number of pyridine rings is 1. The van der Waals surface area contributed by atoms with Gasteiger partial charge in [0, 0.05) is 23.6 Å². The van der Waals surface area contributed by atoms with Crippen LogP contribution in [0, 0.1) is 12.8 Å². The lowest BCUT2D eigenvalue weighted by molar-refractivity contribution is 0.173. The highest BCUT2D eigenvalue weighted by Crippen LogP contribution is 2.22. The number of aromatic nitrogens is 1. The van der Waals surface area contributed by atoms with Crippen molar-refractivity contribution >= 4 is 0 Å². The maximum absolute atomic E-state index is 12.5. The average Bonchev–Trinajstić information content (AvgIpc) is 2.78. The number of methoxy groups -OCH3 is 2. The average molecular weight is 456 g/mol. The lowest BCUT2D eigenvalue weighted by atomic mass is 9.95. The van der Waals surface area contributed by atoms with Crippen molar-refractivity contribution in [2.45, 2.75) is 67.4 Å². The molecule has 0 spiro atoms. The summed E-state index contributed by atoms with van der Waals surface area (Å²) in [7, 11) is 2.97. The standard InChI is InChI=1S/C28H41NO4/c1-10-18(2)16-21(5)25(30)22(6)17-20(4)13-11-12-19(3)14-15-24-23(7)26(31)27(32-8)28(29-24)33-9/h10-11,13-14,16-17,22,25,30H,12,15H2,1-9H3,(H,29,31)/b13-11+,18-10-,19-14+,20-17+,21-16+/t22-,25+/m1/s1. The minimum absolute atomic E-state index is 0.0250. The van der Waals surface area contributed by atoms with Crippen LogP contribution in [0.25, 0.3) is 0 Å². The molecule has 1 aromatic heterocycles. The lowest BCUT2D eigenvalue weighted by Crippen LogP contribution is -2.17. The molecule has 0 fully saturated rings. The third kappa shape index (κ3) is 8.58. The molecule has 0 aliphatic rings. The number of hydrogen-bond donors (Lipinski definition) is 2. The molecule has 5 heteroatoms. The van der Waals surface area contributed by atoms with E-state index in [1.165, 1.54) is 19.8 Å². The molecular formula is C28H41NO4. The van der Waals surface area contributed by atoms with Gasteiger partial charge in [0.2, 0.25) is 17.1 Å². The Morgan fingerprint density at radius 3 is 2.36 bits per heavy atom. The van der Waals surface area contributed by atoms with E-state index in [0.717, 1.165) is 28.8 Å². The Labute approximate surface area is 199 Å². The molecule has 1 heterocycles. The Morgan fingerprint density at radius 2 is 1.79 bits per heavy atom. The summed E-state index contributed by atoms with van der Waals surface area (Å²) in [6, 6.07) is 0. The maximum atomic E-state index is 12.5. The smallest absolute Gasteiger partial charge is 0.238 e. The highest BCUT2D eigenvalue weighted by molar-refractivity contribution is 5.40. The van der Waals surface area contributed by atoms with Crippen molar-refractivity contribution in [3.63, 3.8) is 0 Å². The number of nitrogens with one attached hydrogen (secondary N) is 1. The van der Waals surface area contributed by atoms with Crippen LogP contribution < -0.4 is 14.9 Å². The Hall–Kier alpha value is -2.79. The maximum Gasteiger partial charge on any atom is 0.238 e. The highest BCUT2D eigenvalue weighted by atomic mass is 16.5. The lowest BCUT2D eigenvalue weighted by Gasteiger charge is -2.17. The molecule has 5 nitrogen and oxygen atoms in total. The van der Waals surface area contributed by atoms with E-state index >= 15 is 0 Å². The second-order valence-electron chi connectivity index (χ2n) is 8.62. The summed E-state index contributed by atoms with van der Waals surface area (Å²) < 4.78 is 10.4. The predicted octanol–water partition coefficient (Wildman–Crippen LogP) is 5.99. The molecular weight excluding hydrogens is 414 g/mol.